The maximum absolute atomic E-state index is 12.4. The quantitative estimate of drug-likeness (QED) is 0.793. The summed E-state index contributed by atoms with van der Waals surface area (Å²) in [4.78, 5) is 3.23. The summed E-state index contributed by atoms with van der Waals surface area (Å²) < 4.78 is 24.9. The van der Waals surface area contributed by atoms with Crippen molar-refractivity contribution >= 4 is 0 Å². The molecule has 1 fully saturated rings. The smallest absolute Gasteiger partial charge is 0.272 e. The molecule has 0 bridgehead atoms. The Morgan fingerprint density at radius 1 is 1.31 bits per heavy atom. The van der Waals surface area contributed by atoms with Crippen LogP contribution < -0.4 is 0 Å². The summed E-state index contributed by atoms with van der Waals surface area (Å²) in [6.07, 6.45) is 1.66. The molecule has 2 rings (SSSR count). The molecule has 1 aliphatic heterocycles. The molecule has 0 atom stereocenters. The molecule has 92 valence electrons. The van der Waals surface area contributed by atoms with E-state index in [-0.39, 0.29) is 13.1 Å². The summed E-state index contributed by atoms with van der Waals surface area (Å²) in [7, 11) is 0. The Kier molecular flexibility index (Phi) is 4.35. The van der Waals surface area contributed by atoms with E-state index in [0.717, 1.165) is 5.69 Å². The third-order valence-corrected chi connectivity index (χ3v) is 2.18. The van der Waals surface area contributed by atoms with E-state index < -0.39 is 5.92 Å². The maximum atomic E-state index is 12.4. The summed E-state index contributed by atoms with van der Waals surface area (Å²) in [5.74, 6) is -2.48. The monoisotopic (exact) mass is 232 g/mol. The number of rotatable bonds is 3. The van der Waals surface area contributed by atoms with Crippen LogP contribution in [-0.2, 0) is 6.54 Å². The lowest BCUT2D eigenvalue weighted by atomic mass is 10.1. The molecule has 0 radical (unpaired) electrons. The minimum Gasteiger partial charge on any atom is -0.290 e. The highest BCUT2D eigenvalue weighted by atomic mass is 19.3. The Hall–Kier alpha value is -1.04. The van der Waals surface area contributed by atoms with E-state index in [4.69, 9.17) is 0 Å². The van der Waals surface area contributed by atoms with Gasteiger partial charge in [-0.3, -0.25) is 4.90 Å². The lowest BCUT2D eigenvalue weighted by Crippen LogP contribution is -2.56. The highest BCUT2D eigenvalue weighted by Crippen LogP contribution is 2.25. The van der Waals surface area contributed by atoms with Crippen LogP contribution in [0, 0.1) is 6.92 Å². The lowest BCUT2D eigenvalue weighted by molar-refractivity contribution is -0.131. The first-order valence-electron chi connectivity index (χ1n) is 5.52. The van der Waals surface area contributed by atoms with Gasteiger partial charge in [0.2, 0.25) is 0 Å². The predicted molar refractivity (Wildman–Crippen MR) is 57.5 cm³/mol. The fourth-order valence-electron chi connectivity index (χ4n) is 1.49. The van der Waals surface area contributed by atoms with Gasteiger partial charge in [0, 0.05) is 6.54 Å². The van der Waals surface area contributed by atoms with Crippen molar-refractivity contribution in [1.82, 2.24) is 19.9 Å². The summed E-state index contributed by atoms with van der Waals surface area (Å²) in [5.41, 5.74) is 0.846. The Labute approximate surface area is 94.2 Å². The molecule has 2 heterocycles. The number of aryl methyl sites for hydroxylation is 1. The molecular weight excluding hydrogens is 214 g/mol. The fourth-order valence-corrected chi connectivity index (χ4v) is 1.49. The number of hydrogen-bond donors (Lipinski definition) is 0. The molecule has 16 heavy (non-hydrogen) atoms. The van der Waals surface area contributed by atoms with Crippen LogP contribution in [-0.4, -0.2) is 45.5 Å². The van der Waals surface area contributed by atoms with Gasteiger partial charge in [-0.2, -0.15) is 15.0 Å². The van der Waals surface area contributed by atoms with Crippen molar-refractivity contribution in [2.45, 2.75) is 33.2 Å². The SMILES string of the molecule is CC.Cc1cnn(CCN2CC(F)(F)C2)n1. The Balaban J connectivity index is 0.000000606. The number of alkyl halides is 2. The highest BCUT2D eigenvalue weighted by molar-refractivity contribution is 4.87. The van der Waals surface area contributed by atoms with E-state index in [1.165, 1.54) is 4.80 Å². The first-order valence-corrected chi connectivity index (χ1v) is 5.52. The summed E-state index contributed by atoms with van der Waals surface area (Å²) >= 11 is 0. The van der Waals surface area contributed by atoms with E-state index >= 15 is 0 Å². The first-order chi connectivity index (χ1) is 7.55. The third-order valence-electron chi connectivity index (χ3n) is 2.18. The van der Waals surface area contributed by atoms with E-state index in [2.05, 4.69) is 10.2 Å². The second-order valence-corrected chi connectivity index (χ2v) is 3.65. The number of aromatic nitrogens is 3. The molecule has 6 heteroatoms. The van der Waals surface area contributed by atoms with Crippen LogP contribution in [0.5, 0.6) is 0 Å². The number of halogens is 2. The average molecular weight is 232 g/mol. The van der Waals surface area contributed by atoms with Crippen LogP contribution in [0.1, 0.15) is 19.5 Å². The zero-order valence-electron chi connectivity index (χ0n) is 9.95. The zero-order valence-corrected chi connectivity index (χ0v) is 9.95. The number of likely N-dealkylation sites (tertiary alicyclic amines) is 1. The minimum atomic E-state index is -2.48. The molecular formula is C10H18F2N4. The van der Waals surface area contributed by atoms with Gasteiger partial charge in [0.25, 0.3) is 5.92 Å². The van der Waals surface area contributed by atoms with Crippen molar-refractivity contribution in [3.05, 3.63) is 11.9 Å². The van der Waals surface area contributed by atoms with Crippen molar-refractivity contribution in [3.8, 4) is 0 Å². The minimum absolute atomic E-state index is 0.132. The molecule has 0 aliphatic carbocycles. The van der Waals surface area contributed by atoms with Crippen molar-refractivity contribution in [2.24, 2.45) is 0 Å². The van der Waals surface area contributed by atoms with Crippen LogP contribution in [0.2, 0.25) is 0 Å². The third kappa shape index (κ3) is 3.52. The van der Waals surface area contributed by atoms with Crippen LogP contribution >= 0.6 is 0 Å². The molecule has 1 aromatic rings. The van der Waals surface area contributed by atoms with Gasteiger partial charge in [0.1, 0.15) is 0 Å². The van der Waals surface area contributed by atoms with Gasteiger partial charge < -0.3 is 0 Å². The summed E-state index contributed by atoms with van der Waals surface area (Å²) in [5, 5.41) is 8.04. The fraction of sp³-hybridized carbons (Fsp3) is 0.800. The van der Waals surface area contributed by atoms with Gasteiger partial charge in [0.05, 0.1) is 31.5 Å². The maximum Gasteiger partial charge on any atom is 0.272 e. The van der Waals surface area contributed by atoms with Gasteiger partial charge in [0.15, 0.2) is 0 Å². The Morgan fingerprint density at radius 3 is 2.38 bits per heavy atom. The molecule has 0 spiro atoms. The zero-order chi connectivity index (χ0) is 12.2. The molecule has 1 aliphatic rings. The lowest BCUT2D eigenvalue weighted by Gasteiger charge is -2.38. The number of nitrogens with zero attached hydrogens (tertiary/aromatic N) is 4. The molecule has 0 amide bonds. The van der Waals surface area contributed by atoms with Crippen molar-refractivity contribution in [1.29, 1.82) is 0 Å². The molecule has 0 N–H and O–H groups in total. The second kappa shape index (κ2) is 5.34. The predicted octanol–water partition coefficient (Wildman–Crippen LogP) is 1.56. The molecule has 1 aromatic heterocycles. The van der Waals surface area contributed by atoms with E-state index in [0.29, 0.717) is 13.1 Å². The molecule has 1 saturated heterocycles. The summed E-state index contributed by atoms with van der Waals surface area (Å²) in [6, 6.07) is 0. The van der Waals surface area contributed by atoms with E-state index in [1.54, 1.807) is 11.1 Å². The standard InChI is InChI=1S/C8H12F2N4.C2H6/c1-7-4-11-14(12-7)3-2-13-5-8(9,10)6-13;1-2/h4H,2-3,5-6H2,1H3;1-2H3. The molecule has 0 aromatic carbocycles. The van der Waals surface area contributed by atoms with Gasteiger partial charge in [-0.15, -0.1) is 0 Å². The number of hydrogen-bond acceptors (Lipinski definition) is 3. The van der Waals surface area contributed by atoms with E-state index in [1.807, 2.05) is 20.8 Å². The first kappa shape index (κ1) is 13.0. The summed E-state index contributed by atoms with van der Waals surface area (Å²) in [6.45, 7) is 6.75. The van der Waals surface area contributed by atoms with E-state index in [9.17, 15) is 8.78 Å². The molecule has 4 nitrogen and oxygen atoms in total. The van der Waals surface area contributed by atoms with Crippen molar-refractivity contribution in [3.63, 3.8) is 0 Å². The normalized spacial score (nSPS) is 18.6. The Bertz CT molecular complexity index is 316. The van der Waals surface area contributed by atoms with Crippen LogP contribution in [0.3, 0.4) is 0 Å². The highest BCUT2D eigenvalue weighted by Gasteiger charge is 2.43. The van der Waals surface area contributed by atoms with Gasteiger partial charge in [-0.05, 0) is 6.92 Å². The van der Waals surface area contributed by atoms with Crippen LogP contribution in [0.25, 0.3) is 0 Å². The van der Waals surface area contributed by atoms with Crippen molar-refractivity contribution in [2.75, 3.05) is 19.6 Å². The molecule has 0 unspecified atom stereocenters. The Morgan fingerprint density at radius 2 is 1.94 bits per heavy atom. The topological polar surface area (TPSA) is 34.0 Å². The largest absolute Gasteiger partial charge is 0.290 e. The second-order valence-electron chi connectivity index (χ2n) is 3.65. The van der Waals surface area contributed by atoms with Crippen molar-refractivity contribution < 1.29 is 8.78 Å². The van der Waals surface area contributed by atoms with Gasteiger partial charge in [-0.1, -0.05) is 13.8 Å². The van der Waals surface area contributed by atoms with Gasteiger partial charge >= 0.3 is 0 Å². The van der Waals surface area contributed by atoms with Crippen LogP contribution in [0.4, 0.5) is 8.78 Å². The molecule has 0 saturated carbocycles. The van der Waals surface area contributed by atoms with Gasteiger partial charge in [-0.25, -0.2) is 8.78 Å². The average Bonchev–Trinajstić information content (AvgIpc) is 2.61. The van der Waals surface area contributed by atoms with Crippen LogP contribution in [0.15, 0.2) is 6.20 Å².